The van der Waals surface area contributed by atoms with Gasteiger partial charge < -0.3 is 5.11 Å². The molecule has 2 aromatic rings. The first-order valence-electron chi connectivity index (χ1n) is 5.91. The first-order valence-corrected chi connectivity index (χ1v) is 8.44. The number of aromatic carboxylic acids is 1. The smallest absolute Gasteiger partial charge is 0.335 e. The molecule has 1 aromatic heterocycles. The number of carbonyl (C=O) groups is 1. The zero-order chi connectivity index (χ0) is 14.9. The third kappa shape index (κ3) is 2.91. The molecule has 0 bridgehead atoms. The Labute approximate surface area is 121 Å². The number of aryl methyl sites for hydroxylation is 1. The number of sulfone groups is 1. The van der Waals surface area contributed by atoms with Crippen LogP contribution in [0.1, 0.15) is 26.4 Å². The van der Waals surface area contributed by atoms with Crippen molar-refractivity contribution in [3.63, 3.8) is 0 Å². The Morgan fingerprint density at radius 2 is 2.00 bits per heavy atom. The summed E-state index contributed by atoms with van der Waals surface area (Å²) in [7, 11) is -3.55. The van der Waals surface area contributed by atoms with Crippen molar-refractivity contribution < 1.29 is 18.3 Å². The highest BCUT2D eigenvalue weighted by Gasteiger charge is 2.21. The van der Waals surface area contributed by atoms with Gasteiger partial charge in [0.1, 0.15) is 0 Å². The molecule has 0 radical (unpaired) electrons. The van der Waals surface area contributed by atoms with Gasteiger partial charge in [-0.05, 0) is 48.6 Å². The van der Waals surface area contributed by atoms with Crippen LogP contribution in [-0.4, -0.2) is 19.5 Å². The Kier molecular flexibility index (Phi) is 3.96. The molecule has 0 fully saturated rings. The predicted molar refractivity (Wildman–Crippen MR) is 78.1 cm³/mol. The molecule has 106 valence electrons. The van der Waals surface area contributed by atoms with Gasteiger partial charge in [-0.1, -0.05) is 6.07 Å². The lowest BCUT2D eigenvalue weighted by atomic mass is 10.1. The average molecular weight is 310 g/mol. The van der Waals surface area contributed by atoms with Crippen molar-refractivity contribution in [1.82, 2.24) is 0 Å². The number of hydrogen-bond donors (Lipinski definition) is 1. The molecule has 4 nitrogen and oxygen atoms in total. The lowest BCUT2D eigenvalue weighted by Crippen LogP contribution is -2.09. The highest BCUT2D eigenvalue weighted by molar-refractivity contribution is 7.90. The highest BCUT2D eigenvalue weighted by Crippen LogP contribution is 2.25. The zero-order valence-corrected chi connectivity index (χ0v) is 12.7. The van der Waals surface area contributed by atoms with E-state index in [9.17, 15) is 13.2 Å². The van der Waals surface area contributed by atoms with Crippen molar-refractivity contribution in [1.29, 1.82) is 0 Å². The van der Waals surface area contributed by atoms with Crippen molar-refractivity contribution in [3.8, 4) is 0 Å². The molecule has 6 heteroatoms. The van der Waals surface area contributed by atoms with Crippen molar-refractivity contribution in [2.24, 2.45) is 0 Å². The van der Waals surface area contributed by atoms with E-state index in [1.54, 1.807) is 26.0 Å². The summed E-state index contributed by atoms with van der Waals surface area (Å²) in [5, 5.41) is 10.9. The number of carboxylic acids is 1. The molecular formula is C14H14O4S2. The summed E-state index contributed by atoms with van der Waals surface area (Å²) in [6, 6.07) is 6.28. The Morgan fingerprint density at radius 3 is 2.55 bits per heavy atom. The molecule has 0 spiro atoms. The average Bonchev–Trinajstić information content (AvgIpc) is 2.83. The van der Waals surface area contributed by atoms with E-state index in [0.29, 0.717) is 11.1 Å². The van der Waals surface area contributed by atoms with Crippen LogP contribution in [0.5, 0.6) is 0 Å². The van der Waals surface area contributed by atoms with Gasteiger partial charge in [0.05, 0.1) is 16.2 Å². The Balaban J connectivity index is 2.53. The molecule has 0 amide bonds. The molecule has 2 rings (SSSR count). The SMILES string of the molecule is Cc1cc(C(=O)O)cc(S(=O)(=O)Cc2cccs2)c1C. The molecule has 0 aliphatic rings. The van der Waals surface area contributed by atoms with Crippen LogP contribution in [0, 0.1) is 13.8 Å². The molecule has 0 saturated carbocycles. The van der Waals surface area contributed by atoms with Gasteiger partial charge in [0.25, 0.3) is 0 Å². The normalized spacial score (nSPS) is 11.5. The molecular weight excluding hydrogens is 296 g/mol. The van der Waals surface area contributed by atoms with Gasteiger partial charge in [0, 0.05) is 4.88 Å². The molecule has 0 unspecified atom stereocenters. The second-order valence-corrected chi connectivity index (χ2v) is 7.55. The maximum Gasteiger partial charge on any atom is 0.335 e. The molecule has 1 aromatic carbocycles. The van der Waals surface area contributed by atoms with Crippen LogP contribution in [0.3, 0.4) is 0 Å². The maximum atomic E-state index is 12.5. The van der Waals surface area contributed by atoms with Gasteiger partial charge in [-0.25, -0.2) is 13.2 Å². The minimum atomic E-state index is -3.55. The van der Waals surface area contributed by atoms with Gasteiger partial charge in [-0.15, -0.1) is 11.3 Å². The van der Waals surface area contributed by atoms with E-state index in [2.05, 4.69) is 0 Å². The quantitative estimate of drug-likeness (QED) is 0.942. The van der Waals surface area contributed by atoms with Crippen molar-refractivity contribution in [2.45, 2.75) is 24.5 Å². The number of rotatable bonds is 4. The fourth-order valence-electron chi connectivity index (χ4n) is 1.93. The fourth-order valence-corrected chi connectivity index (χ4v) is 4.72. The third-order valence-corrected chi connectivity index (χ3v) is 5.96. The number of hydrogen-bond acceptors (Lipinski definition) is 4. The summed E-state index contributed by atoms with van der Waals surface area (Å²) >= 11 is 1.37. The molecule has 20 heavy (non-hydrogen) atoms. The van der Waals surface area contributed by atoms with Gasteiger partial charge in [0.2, 0.25) is 0 Å². The summed E-state index contributed by atoms with van der Waals surface area (Å²) in [5.41, 5.74) is 1.26. The van der Waals surface area contributed by atoms with Gasteiger partial charge in [0.15, 0.2) is 9.84 Å². The van der Waals surface area contributed by atoms with Crippen LogP contribution in [0.15, 0.2) is 34.5 Å². The van der Waals surface area contributed by atoms with Crippen molar-refractivity contribution in [2.75, 3.05) is 0 Å². The summed E-state index contributed by atoms with van der Waals surface area (Å²) in [6.07, 6.45) is 0. The largest absolute Gasteiger partial charge is 0.478 e. The van der Waals surface area contributed by atoms with Crippen molar-refractivity contribution >= 4 is 27.1 Å². The first kappa shape index (κ1) is 14.7. The van der Waals surface area contributed by atoms with Gasteiger partial charge in [-0.2, -0.15) is 0 Å². The van der Waals surface area contributed by atoms with Crippen LogP contribution in [0.4, 0.5) is 0 Å². The lowest BCUT2D eigenvalue weighted by molar-refractivity contribution is 0.0696. The Bertz CT molecular complexity index is 744. The van der Waals surface area contributed by atoms with Crippen LogP contribution in [-0.2, 0) is 15.6 Å². The zero-order valence-electron chi connectivity index (χ0n) is 11.1. The molecule has 0 aliphatic heterocycles. The monoisotopic (exact) mass is 310 g/mol. The van der Waals surface area contributed by atoms with E-state index in [0.717, 1.165) is 4.88 Å². The maximum absolute atomic E-state index is 12.5. The Morgan fingerprint density at radius 1 is 1.30 bits per heavy atom. The second-order valence-electron chi connectivity index (χ2n) is 4.56. The lowest BCUT2D eigenvalue weighted by Gasteiger charge is -2.11. The van der Waals surface area contributed by atoms with Crippen LogP contribution < -0.4 is 0 Å². The van der Waals surface area contributed by atoms with E-state index >= 15 is 0 Å². The fraction of sp³-hybridized carbons (Fsp3) is 0.214. The Hall–Kier alpha value is -1.66. The number of benzene rings is 1. The molecule has 1 N–H and O–H groups in total. The van der Waals surface area contributed by atoms with E-state index in [4.69, 9.17) is 5.11 Å². The van der Waals surface area contributed by atoms with E-state index < -0.39 is 15.8 Å². The summed E-state index contributed by atoms with van der Waals surface area (Å²) in [4.78, 5) is 11.9. The van der Waals surface area contributed by atoms with E-state index in [1.807, 2.05) is 5.38 Å². The van der Waals surface area contributed by atoms with Crippen molar-refractivity contribution in [3.05, 3.63) is 51.2 Å². The third-order valence-electron chi connectivity index (χ3n) is 3.11. The molecule has 1 heterocycles. The molecule has 0 aliphatic carbocycles. The van der Waals surface area contributed by atoms with E-state index in [1.165, 1.54) is 23.5 Å². The number of carboxylic acid groups (broad SMARTS) is 1. The van der Waals surface area contributed by atoms with Crippen LogP contribution in [0.2, 0.25) is 0 Å². The standard InChI is InChI=1S/C14H14O4S2/c1-9-6-11(14(15)16)7-13(10(9)2)20(17,18)8-12-4-3-5-19-12/h3-7H,8H2,1-2H3,(H,15,16). The first-order chi connectivity index (χ1) is 9.31. The highest BCUT2D eigenvalue weighted by atomic mass is 32.2. The summed E-state index contributed by atoms with van der Waals surface area (Å²) < 4.78 is 24.9. The molecule has 0 atom stereocenters. The summed E-state index contributed by atoms with van der Waals surface area (Å²) in [5.74, 6) is -1.23. The van der Waals surface area contributed by atoms with Crippen LogP contribution >= 0.6 is 11.3 Å². The summed E-state index contributed by atoms with van der Waals surface area (Å²) in [6.45, 7) is 3.41. The number of thiophene rings is 1. The van der Waals surface area contributed by atoms with Gasteiger partial charge in [-0.3, -0.25) is 0 Å². The van der Waals surface area contributed by atoms with E-state index in [-0.39, 0.29) is 16.2 Å². The minimum absolute atomic E-state index is 0.00199. The predicted octanol–water partition coefficient (Wildman–Crippen LogP) is 3.04. The van der Waals surface area contributed by atoms with Crippen LogP contribution in [0.25, 0.3) is 0 Å². The topological polar surface area (TPSA) is 71.4 Å². The van der Waals surface area contributed by atoms with Gasteiger partial charge >= 0.3 is 5.97 Å². The second kappa shape index (κ2) is 5.38. The molecule has 0 saturated heterocycles. The minimum Gasteiger partial charge on any atom is -0.478 e.